The monoisotopic (exact) mass is 421 g/mol. The van der Waals surface area contributed by atoms with Gasteiger partial charge < -0.3 is 15.0 Å². The quantitative estimate of drug-likeness (QED) is 0.749. The summed E-state index contributed by atoms with van der Waals surface area (Å²) >= 11 is 0. The molecule has 31 heavy (non-hydrogen) atoms. The van der Waals surface area contributed by atoms with E-state index in [0.29, 0.717) is 49.5 Å². The largest absolute Gasteiger partial charge is 0.490 e. The van der Waals surface area contributed by atoms with Crippen LogP contribution in [0.5, 0.6) is 5.75 Å². The maximum absolute atomic E-state index is 12.6. The van der Waals surface area contributed by atoms with E-state index in [1.807, 2.05) is 24.3 Å². The number of carbonyl (C=O) groups is 4. The van der Waals surface area contributed by atoms with Crippen LogP contribution in [0.1, 0.15) is 32.1 Å². The first-order valence-electron chi connectivity index (χ1n) is 10.3. The van der Waals surface area contributed by atoms with Gasteiger partial charge in [0, 0.05) is 31.4 Å². The standard InChI is InChI=1S/C23H23N3O5/c27-20(12-13-21(28)25-14-15-31-19-5-2-1-4-18(19)25)24-16-8-10-17(11-9-16)26-22(29)6-3-7-23(26)30/h1-2,4-5,8-11H,3,6-7,12-15H2,(H,24,27). The normalized spacial score (nSPS) is 15.9. The van der Waals surface area contributed by atoms with Crippen molar-refractivity contribution in [3.63, 3.8) is 0 Å². The number of hydrogen-bond acceptors (Lipinski definition) is 5. The summed E-state index contributed by atoms with van der Waals surface area (Å²) < 4.78 is 5.56. The van der Waals surface area contributed by atoms with Gasteiger partial charge in [-0.15, -0.1) is 0 Å². The fraction of sp³-hybridized carbons (Fsp3) is 0.304. The molecule has 2 aromatic carbocycles. The minimum atomic E-state index is -0.284. The summed E-state index contributed by atoms with van der Waals surface area (Å²) in [5.74, 6) is -0.180. The second-order valence-corrected chi connectivity index (χ2v) is 7.43. The van der Waals surface area contributed by atoms with Crippen molar-refractivity contribution in [2.75, 3.05) is 28.3 Å². The van der Waals surface area contributed by atoms with E-state index < -0.39 is 0 Å². The molecule has 0 atom stereocenters. The molecule has 8 nitrogen and oxygen atoms in total. The van der Waals surface area contributed by atoms with Gasteiger partial charge in [0.2, 0.25) is 23.6 Å². The Morgan fingerprint density at radius 2 is 1.65 bits per heavy atom. The fourth-order valence-electron chi connectivity index (χ4n) is 3.74. The van der Waals surface area contributed by atoms with E-state index in [9.17, 15) is 19.2 Å². The Bertz CT molecular complexity index is 1000. The summed E-state index contributed by atoms with van der Waals surface area (Å²) in [7, 11) is 0. The summed E-state index contributed by atoms with van der Waals surface area (Å²) in [6, 6.07) is 13.9. The summed E-state index contributed by atoms with van der Waals surface area (Å²) in [5, 5.41) is 2.75. The molecule has 0 unspecified atom stereocenters. The third-order valence-corrected chi connectivity index (χ3v) is 5.28. The van der Waals surface area contributed by atoms with Gasteiger partial charge in [0.1, 0.15) is 12.4 Å². The number of hydrogen-bond donors (Lipinski definition) is 1. The molecule has 4 amide bonds. The number of nitrogens with zero attached hydrogens (tertiary/aromatic N) is 2. The van der Waals surface area contributed by atoms with Gasteiger partial charge in [-0.25, -0.2) is 0 Å². The van der Waals surface area contributed by atoms with E-state index in [2.05, 4.69) is 5.32 Å². The molecule has 0 spiro atoms. The highest BCUT2D eigenvalue weighted by atomic mass is 16.5. The first-order chi connectivity index (χ1) is 15.0. The van der Waals surface area contributed by atoms with E-state index in [4.69, 9.17) is 4.74 Å². The number of amides is 4. The van der Waals surface area contributed by atoms with Crippen LogP contribution in [-0.2, 0) is 19.2 Å². The Hall–Kier alpha value is -3.68. The Labute approximate surface area is 179 Å². The first kappa shape index (κ1) is 20.6. The van der Waals surface area contributed by atoms with Gasteiger partial charge >= 0.3 is 0 Å². The molecule has 1 fully saturated rings. The number of fused-ring (bicyclic) bond motifs is 1. The van der Waals surface area contributed by atoms with Crippen LogP contribution in [0.25, 0.3) is 0 Å². The molecule has 160 valence electrons. The third-order valence-electron chi connectivity index (χ3n) is 5.28. The molecule has 0 aliphatic carbocycles. The summed E-state index contributed by atoms with van der Waals surface area (Å²) in [4.78, 5) is 51.8. The van der Waals surface area contributed by atoms with Crippen molar-refractivity contribution in [1.29, 1.82) is 0 Å². The number of rotatable bonds is 5. The van der Waals surface area contributed by atoms with Crippen molar-refractivity contribution in [2.24, 2.45) is 0 Å². The Kier molecular flexibility index (Phi) is 5.97. The van der Waals surface area contributed by atoms with Crippen LogP contribution >= 0.6 is 0 Å². The number of ether oxygens (including phenoxy) is 1. The summed E-state index contributed by atoms with van der Waals surface area (Å²) in [5.41, 5.74) is 1.75. The van der Waals surface area contributed by atoms with E-state index in [1.54, 1.807) is 29.2 Å². The van der Waals surface area contributed by atoms with E-state index >= 15 is 0 Å². The highest BCUT2D eigenvalue weighted by Gasteiger charge is 2.27. The first-order valence-corrected chi connectivity index (χ1v) is 10.3. The number of benzene rings is 2. The smallest absolute Gasteiger partial charge is 0.233 e. The van der Waals surface area contributed by atoms with Crippen molar-refractivity contribution in [2.45, 2.75) is 32.1 Å². The lowest BCUT2D eigenvalue weighted by atomic mass is 10.1. The van der Waals surface area contributed by atoms with E-state index in [0.717, 1.165) is 5.69 Å². The molecule has 0 saturated carbocycles. The molecular formula is C23H23N3O5. The topological polar surface area (TPSA) is 96.0 Å². The van der Waals surface area contributed by atoms with Crippen LogP contribution in [0.15, 0.2) is 48.5 Å². The lowest BCUT2D eigenvalue weighted by Crippen LogP contribution is -2.40. The number of piperidine rings is 1. The zero-order valence-electron chi connectivity index (χ0n) is 17.0. The molecule has 0 aromatic heterocycles. The lowest BCUT2D eigenvalue weighted by Gasteiger charge is -2.29. The van der Waals surface area contributed by atoms with Crippen molar-refractivity contribution in [3.05, 3.63) is 48.5 Å². The molecular weight excluding hydrogens is 398 g/mol. The molecule has 2 aromatic rings. The van der Waals surface area contributed by atoms with Gasteiger partial charge in [0.05, 0.1) is 17.9 Å². The van der Waals surface area contributed by atoms with Crippen molar-refractivity contribution < 1.29 is 23.9 Å². The van der Waals surface area contributed by atoms with Crippen LogP contribution in [0.3, 0.4) is 0 Å². The maximum Gasteiger partial charge on any atom is 0.233 e. The number of nitrogens with one attached hydrogen (secondary N) is 1. The number of para-hydroxylation sites is 2. The highest BCUT2D eigenvalue weighted by molar-refractivity contribution is 6.16. The number of imide groups is 1. The molecule has 0 bridgehead atoms. The molecule has 4 rings (SSSR count). The molecule has 1 saturated heterocycles. The van der Waals surface area contributed by atoms with Crippen LogP contribution in [0.4, 0.5) is 17.1 Å². The maximum atomic E-state index is 12.6. The SMILES string of the molecule is O=C(CCC(=O)N1CCOc2ccccc21)Nc1ccc(N2C(=O)CCCC2=O)cc1. The predicted octanol–water partition coefficient (Wildman–Crippen LogP) is 2.87. The zero-order valence-corrected chi connectivity index (χ0v) is 17.0. The Morgan fingerprint density at radius 1 is 0.935 bits per heavy atom. The molecule has 8 heteroatoms. The average molecular weight is 421 g/mol. The molecule has 2 aliphatic rings. The second-order valence-electron chi connectivity index (χ2n) is 7.43. The summed E-state index contributed by atoms with van der Waals surface area (Å²) in [6.45, 7) is 0.871. The van der Waals surface area contributed by atoms with Gasteiger partial charge in [-0.2, -0.15) is 0 Å². The van der Waals surface area contributed by atoms with Gasteiger partial charge in [-0.1, -0.05) is 12.1 Å². The van der Waals surface area contributed by atoms with Gasteiger partial charge in [-0.3, -0.25) is 24.1 Å². The van der Waals surface area contributed by atoms with Crippen LogP contribution in [-0.4, -0.2) is 36.8 Å². The zero-order chi connectivity index (χ0) is 21.8. The van der Waals surface area contributed by atoms with Crippen molar-refractivity contribution >= 4 is 40.7 Å². The van der Waals surface area contributed by atoms with E-state index in [1.165, 1.54) is 4.90 Å². The molecule has 0 radical (unpaired) electrons. The minimum Gasteiger partial charge on any atom is -0.490 e. The minimum absolute atomic E-state index is 0.0448. The fourth-order valence-corrected chi connectivity index (χ4v) is 3.74. The number of anilines is 3. The second kappa shape index (κ2) is 8.99. The number of carbonyl (C=O) groups excluding carboxylic acids is 4. The molecule has 2 aliphatic heterocycles. The predicted molar refractivity (Wildman–Crippen MR) is 115 cm³/mol. The Balaban J connectivity index is 1.32. The Morgan fingerprint density at radius 3 is 2.39 bits per heavy atom. The van der Waals surface area contributed by atoms with Crippen LogP contribution in [0.2, 0.25) is 0 Å². The van der Waals surface area contributed by atoms with Gasteiger partial charge in [0.25, 0.3) is 0 Å². The molecule has 1 N–H and O–H groups in total. The van der Waals surface area contributed by atoms with Crippen molar-refractivity contribution in [1.82, 2.24) is 0 Å². The highest BCUT2D eigenvalue weighted by Crippen LogP contribution is 2.31. The lowest BCUT2D eigenvalue weighted by molar-refractivity contribution is -0.129. The van der Waals surface area contributed by atoms with Crippen molar-refractivity contribution in [3.8, 4) is 5.75 Å². The van der Waals surface area contributed by atoms with E-state index in [-0.39, 0.29) is 36.5 Å². The average Bonchev–Trinajstić information content (AvgIpc) is 2.78. The van der Waals surface area contributed by atoms with Gasteiger partial charge in [0.15, 0.2) is 0 Å². The molecule has 2 heterocycles. The third kappa shape index (κ3) is 4.58. The van der Waals surface area contributed by atoms with Crippen LogP contribution < -0.4 is 19.9 Å². The summed E-state index contributed by atoms with van der Waals surface area (Å²) in [6.07, 6.45) is 1.41. The van der Waals surface area contributed by atoms with Gasteiger partial charge in [-0.05, 0) is 42.8 Å². The van der Waals surface area contributed by atoms with Crippen LogP contribution in [0, 0.1) is 0 Å².